The van der Waals surface area contributed by atoms with E-state index in [-0.39, 0.29) is 5.92 Å². The zero-order valence-corrected chi connectivity index (χ0v) is 11.7. The molecule has 0 radical (unpaired) electrons. The Morgan fingerprint density at radius 2 is 2.00 bits per heavy atom. The van der Waals surface area contributed by atoms with Crippen LogP contribution in [0, 0.1) is 11.3 Å². The summed E-state index contributed by atoms with van der Waals surface area (Å²) >= 11 is 0. The maximum absolute atomic E-state index is 9.08. The summed E-state index contributed by atoms with van der Waals surface area (Å²) in [4.78, 5) is 0. The molecule has 0 saturated heterocycles. The number of rotatable bonds is 3. The van der Waals surface area contributed by atoms with E-state index in [2.05, 4.69) is 6.07 Å². The van der Waals surface area contributed by atoms with Crippen LogP contribution in [0.15, 0.2) is 54.6 Å². The molecule has 21 heavy (non-hydrogen) atoms. The fraction of sp³-hybridized carbons (Fsp3) is 0.167. The first-order valence-corrected chi connectivity index (χ1v) is 6.82. The van der Waals surface area contributed by atoms with Crippen LogP contribution in [0.25, 0.3) is 5.76 Å². The number of methoxy groups -OCH3 is 1. The zero-order valence-electron chi connectivity index (χ0n) is 11.7. The van der Waals surface area contributed by atoms with Crippen molar-refractivity contribution in [2.45, 2.75) is 12.3 Å². The van der Waals surface area contributed by atoms with Gasteiger partial charge in [-0.3, -0.25) is 0 Å². The van der Waals surface area contributed by atoms with E-state index in [1.807, 2.05) is 54.6 Å². The summed E-state index contributed by atoms with van der Waals surface area (Å²) < 4.78 is 11.2. The van der Waals surface area contributed by atoms with E-state index in [1.54, 1.807) is 7.11 Å². The molecule has 1 unspecified atom stereocenters. The van der Waals surface area contributed by atoms with E-state index in [4.69, 9.17) is 14.7 Å². The molecular weight excluding hydrogens is 262 g/mol. The molecule has 0 saturated carbocycles. The number of benzene rings is 2. The van der Waals surface area contributed by atoms with Crippen molar-refractivity contribution in [2.75, 3.05) is 7.11 Å². The monoisotopic (exact) mass is 277 g/mol. The summed E-state index contributed by atoms with van der Waals surface area (Å²) in [5, 5.41) is 9.08. The van der Waals surface area contributed by atoms with Crippen molar-refractivity contribution in [3.63, 3.8) is 0 Å². The largest absolute Gasteiger partial charge is 0.497 e. The fourth-order valence-corrected chi connectivity index (χ4v) is 2.49. The fourth-order valence-electron chi connectivity index (χ4n) is 2.49. The molecule has 1 aliphatic rings. The van der Waals surface area contributed by atoms with Crippen LogP contribution in [0.5, 0.6) is 11.5 Å². The Balaban J connectivity index is 2.03. The predicted octanol–water partition coefficient (Wildman–Crippen LogP) is 4.13. The predicted molar refractivity (Wildman–Crippen MR) is 81.0 cm³/mol. The third kappa shape index (κ3) is 2.61. The summed E-state index contributed by atoms with van der Waals surface area (Å²) in [5.74, 6) is 2.38. The molecule has 1 aliphatic heterocycles. The molecule has 0 fully saturated rings. The Morgan fingerprint density at radius 1 is 1.19 bits per heavy atom. The summed E-state index contributed by atoms with van der Waals surface area (Å²) in [6, 6.07) is 17.9. The highest BCUT2D eigenvalue weighted by atomic mass is 16.5. The molecule has 1 heterocycles. The standard InChI is InChI=1S/C18H15NO2/c1-20-15-7-8-17-16(12-15)14(9-10-19)11-18(21-17)13-5-3-2-4-6-13/h2-8,11-12,14H,9H2,1H3. The number of ether oxygens (including phenoxy) is 2. The van der Waals surface area contributed by atoms with Gasteiger partial charge in [-0.05, 0) is 24.3 Å². The minimum atomic E-state index is 0.0176. The second-order valence-electron chi connectivity index (χ2n) is 4.87. The first-order valence-electron chi connectivity index (χ1n) is 6.82. The Kier molecular flexibility index (Phi) is 3.61. The Bertz CT molecular complexity index is 714. The lowest BCUT2D eigenvalue weighted by Gasteiger charge is -2.24. The van der Waals surface area contributed by atoms with E-state index in [0.717, 1.165) is 28.4 Å². The van der Waals surface area contributed by atoms with Crippen LogP contribution in [-0.2, 0) is 0 Å². The van der Waals surface area contributed by atoms with E-state index >= 15 is 0 Å². The summed E-state index contributed by atoms with van der Waals surface area (Å²) in [6.07, 6.45) is 2.43. The van der Waals surface area contributed by atoms with Crippen LogP contribution in [0.4, 0.5) is 0 Å². The van der Waals surface area contributed by atoms with Crippen molar-refractivity contribution in [3.8, 4) is 17.6 Å². The molecule has 3 heteroatoms. The summed E-state index contributed by atoms with van der Waals surface area (Å²) in [7, 11) is 1.63. The molecule has 0 amide bonds. The van der Waals surface area contributed by atoms with Gasteiger partial charge in [-0.15, -0.1) is 0 Å². The van der Waals surface area contributed by atoms with Gasteiger partial charge in [-0.25, -0.2) is 0 Å². The Labute approximate surface area is 124 Å². The van der Waals surface area contributed by atoms with Gasteiger partial charge in [0, 0.05) is 23.5 Å². The zero-order chi connectivity index (χ0) is 14.7. The van der Waals surface area contributed by atoms with Crippen LogP contribution in [-0.4, -0.2) is 7.11 Å². The van der Waals surface area contributed by atoms with Crippen molar-refractivity contribution >= 4 is 5.76 Å². The molecule has 2 aromatic rings. The minimum absolute atomic E-state index is 0.0176. The molecule has 3 rings (SSSR count). The lowest BCUT2D eigenvalue weighted by atomic mass is 9.91. The van der Waals surface area contributed by atoms with E-state index in [1.165, 1.54) is 0 Å². The lowest BCUT2D eigenvalue weighted by Crippen LogP contribution is -2.09. The molecule has 0 spiro atoms. The number of nitriles is 1. The highest BCUT2D eigenvalue weighted by Gasteiger charge is 2.23. The van der Waals surface area contributed by atoms with E-state index in [9.17, 15) is 0 Å². The third-order valence-corrected chi connectivity index (χ3v) is 3.56. The van der Waals surface area contributed by atoms with Crippen LogP contribution in [0.3, 0.4) is 0 Å². The highest BCUT2D eigenvalue weighted by molar-refractivity contribution is 5.67. The third-order valence-electron chi connectivity index (χ3n) is 3.56. The maximum Gasteiger partial charge on any atom is 0.131 e. The lowest BCUT2D eigenvalue weighted by molar-refractivity contribution is 0.411. The van der Waals surface area contributed by atoms with E-state index < -0.39 is 0 Å². The molecule has 0 aliphatic carbocycles. The molecular formula is C18H15NO2. The van der Waals surface area contributed by atoms with Crippen molar-refractivity contribution in [1.29, 1.82) is 5.26 Å². The Hall–Kier alpha value is -2.73. The number of hydrogen-bond donors (Lipinski definition) is 0. The van der Waals surface area contributed by atoms with Crippen LogP contribution in [0.2, 0.25) is 0 Å². The molecule has 104 valence electrons. The normalized spacial score (nSPS) is 16.2. The average molecular weight is 277 g/mol. The molecule has 0 N–H and O–H groups in total. The van der Waals surface area contributed by atoms with Gasteiger partial charge in [0.15, 0.2) is 0 Å². The average Bonchev–Trinajstić information content (AvgIpc) is 2.55. The van der Waals surface area contributed by atoms with Gasteiger partial charge in [0.25, 0.3) is 0 Å². The molecule has 1 atom stereocenters. The number of nitrogens with zero attached hydrogens (tertiary/aromatic N) is 1. The summed E-state index contributed by atoms with van der Waals surface area (Å²) in [6.45, 7) is 0. The quantitative estimate of drug-likeness (QED) is 0.847. The second kappa shape index (κ2) is 5.72. The number of allylic oxidation sites excluding steroid dienone is 1. The minimum Gasteiger partial charge on any atom is -0.497 e. The van der Waals surface area contributed by atoms with Gasteiger partial charge < -0.3 is 9.47 Å². The summed E-state index contributed by atoms with van der Waals surface area (Å²) in [5.41, 5.74) is 2.01. The molecule has 3 nitrogen and oxygen atoms in total. The van der Waals surface area contributed by atoms with E-state index in [0.29, 0.717) is 6.42 Å². The molecule has 0 aromatic heterocycles. The molecule has 0 bridgehead atoms. The SMILES string of the molecule is COc1ccc2c(c1)C(CC#N)C=C(c1ccccc1)O2. The van der Waals surface area contributed by atoms with Gasteiger partial charge in [-0.2, -0.15) is 5.26 Å². The second-order valence-corrected chi connectivity index (χ2v) is 4.87. The first kappa shape index (κ1) is 13.3. The highest BCUT2D eigenvalue weighted by Crippen LogP contribution is 2.40. The van der Waals surface area contributed by atoms with Gasteiger partial charge in [0.05, 0.1) is 13.2 Å². The first-order chi connectivity index (χ1) is 10.3. The smallest absolute Gasteiger partial charge is 0.131 e. The number of hydrogen-bond acceptors (Lipinski definition) is 3. The van der Waals surface area contributed by atoms with Gasteiger partial charge in [0.1, 0.15) is 17.3 Å². The van der Waals surface area contributed by atoms with Gasteiger partial charge in [0.2, 0.25) is 0 Å². The van der Waals surface area contributed by atoms with Crippen LogP contribution >= 0.6 is 0 Å². The number of fused-ring (bicyclic) bond motifs is 1. The van der Waals surface area contributed by atoms with Crippen LogP contribution < -0.4 is 9.47 Å². The van der Waals surface area contributed by atoms with Crippen molar-refractivity contribution in [3.05, 3.63) is 65.7 Å². The van der Waals surface area contributed by atoms with Crippen molar-refractivity contribution in [2.24, 2.45) is 0 Å². The Morgan fingerprint density at radius 3 is 2.71 bits per heavy atom. The molecule has 2 aromatic carbocycles. The van der Waals surface area contributed by atoms with Gasteiger partial charge >= 0.3 is 0 Å². The maximum atomic E-state index is 9.08. The van der Waals surface area contributed by atoms with Crippen molar-refractivity contribution in [1.82, 2.24) is 0 Å². The van der Waals surface area contributed by atoms with Crippen LogP contribution in [0.1, 0.15) is 23.5 Å². The van der Waals surface area contributed by atoms with Gasteiger partial charge in [-0.1, -0.05) is 30.3 Å². The topological polar surface area (TPSA) is 42.2 Å². The van der Waals surface area contributed by atoms with Crippen molar-refractivity contribution < 1.29 is 9.47 Å².